The van der Waals surface area contributed by atoms with Gasteiger partial charge in [-0.25, -0.2) is 4.98 Å². The van der Waals surface area contributed by atoms with Crippen LogP contribution in [0.3, 0.4) is 0 Å². The van der Waals surface area contributed by atoms with Gasteiger partial charge in [0.25, 0.3) is 0 Å². The summed E-state index contributed by atoms with van der Waals surface area (Å²) < 4.78 is 15.3. The molecule has 5 aromatic rings. The van der Waals surface area contributed by atoms with E-state index in [9.17, 15) is 0 Å². The molecular formula is C27H26N6O2S. The molecular weight excluding hydrogens is 472 g/mol. The Morgan fingerprint density at radius 1 is 0.833 bits per heavy atom. The van der Waals surface area contributed by atoms with Gasteiger partial charge < -0.3 is 14.4 Å². The summed E-state index contributed by atoms with van der Waals surface area (Å²) in [4.78, 5) is 7.21. The molecule has 6 rings (SSSR count). The van der Waals surface area contributed by atoms with Crippen molar-refractivity contribution in [2.75, 3.05) is 38.3 Å². The van der Waals surface area contributed by atoms with Crippen molar-refractivity contribution in [1.82, 2.24) is 24.3 Å². The first-order valence-corrected chi connectivity index (χ1v) is 12.9. The molecule has 1 aliphatic rings. The van der Waals surface area contributed by atoms with Crippen molar-refractivity contribution < 1.29 is 9.47 Å². The second-order valence-electron chi connectivity index (χ2n) is 8.39. The first kappa shape index (κ1) is 22.6. The highest BCUT2D eigenvalue weighted by Gasteiger charge is 2.22. The molecule has 0 saturated carbocycles. The highest BCUT2D eigenvalue weighted by molar-refractivity contribution is 7.98. The zero-order valence-corrected chi connectivity index (χ0v) is 20.8. The van der Waals surface area contributed by atoms with Crippen molar-refractivity contribution in [3.63, 3.8) is 0 Å². The number of hydrogen-bond donors (Lipinski definition) is 0. The number of hydrogen-bond acceptors (Lipinski definition) is 7. The second kappa shape index (κ2) is 10.0. The van der Waals surface area contributed by atoms with Crippen molar-refractivity contribution in [2.24, 2.45) is 0 Å². The van der Waals surface area contributed by atoms with Crippen LogP contribution < -0.4 is 9.64 Å². The van der Waals surface area contributed by atoms with Gasteiger partial charge in [0.1, 0.15) is 11.6 Å². The number of aromatic nitrogens is 5. The van der Waals surface area contributed by atoms with Crippen molar-refractivity contribution in [2.45, 2.75) is 10.9 Å². The van der Waals surface area contributed by atoms with E-state index in [2.05, 4.69) is 54.6 Å². The van der Waals surface area contributed by atoms with Crippen LogP contribution in [0, 0.1) is 0 Å². The van der Waals surface area contributed by atoms with Gasteiger partial charge in [0.05, 0.1) is 42.8 Å². The molecule has 0 spiro atoms. The number of ether oxygens (including phenoxy) is 2. The van der Waals surface area contributed by atoms with Gasteiger partial charge in [0.15, 0.2) is 5.16 Å². The van der Waals surface area contributed by atoms with Crippen LogP contribution in [-0.2, 0) is 10.5 Å². The zero-order valence-electron chi connectivity index (χ0n) is 19.9. The van der Waals surface area contributed by atoms with Crippen molar-refractivity contribution in [3.8, 4) is 17.1 Å². The first-order chi connectivity index (χ1) is 17.8. The molecule has 0 radical (unpaired) electrons. The minimum Gasteiger partial charge on any atom is -0.497 e. The Morgan fingerprint density at radius 2 is 1.56 bits per heavy atom. The van der Waals surface area contributed by atoms with E-state index >= 15 is 0 Å². The number of fused-ring (bicyclic) bond motifs is 1. The number of thioether (sulfide) groups is 1. The average molecular weight is 499 g/mol. The number of morpholine rings is 1. The molecule has 1 saturated heterocycles. The maximum atomic E-state index is 5.55. The number of benzene rings is 3. The number of rotatable bonds is 7. The molecule has 0 bridgehead atoms. The van der Waals surface area contributed by atoms with Crippen LogP contribution in [0.2, 0.25) is 0 Å². The molecule has 1 aliphatic heterocycles. The summed E-state index contributed by atoms with van der Waals surface area (Å²) in [6.45, 7) is 2.97. The third kappa shape index (κ3) is 4.31. The van der Waals surface area contributed by atoms with E-state index in [0.717, 1.165) is 58.2 Å². The van der Waals surface area contributed by atoms with Gasteiger partial charge in [0, 0.05) is 18.8 Å². The molecule has 8 nitrogen and oxygen atoms in total. The Labute approximate surface area is 213 Å². The lowest BCUT2D eigenvalue weighted by atomic mass is 10.2. The lowest BCUT2D eigenvalue weighted by Gasteiger charge is -2.27. The van der Waals surface area contributed by atoms with E-state index in [1.54, 1.807) is 18.9 Å². The topological polar surface area (TPSA) is 70.2 Å². The first-order valence-electron chi connectivity index (χ1n) is 11.9. The van der Waals surface area contributed by atoms with Crippen LogP contribution in [0.4, 0.5) is 5.95 Å². The third-order valence-corrected chi connectivity index (χ3v) is 7.14. The summed E-state index contributed by atoms with van der Waals surface area (Å²) in [6, 6.07) is 26.5. The molecule has 0 atom stereocenters. The summed E-state index contributed by atoms with van der Waals surface area (Å²) in [5.74, 6) is 3.25. The van der Waals surface area contributed by atoms with E-state index in [4.69, 9.17) is 14.5 Å². The number of para-hydroxylation sites is 3. The van der Waals surface area contributed by atoms with Gasteiger partial charge in [0.2, 0.25) is 5.95 Å². The fraction of sp³-hybridized carbons (Fsp3) is 0.222. The van der Waals surface area contributed by atoms with Crippen LogP contribution in [0.15, 0.2) is 84.0 Å². The van der Waals surface area contributed by atoms with Crippen LogP contribution >= 0.6 is 11.8 Å². The summed E-state index contributed by atoms with van der Waals surface area (Å²) in [6.07, 6.45) is 0. The van der Waals surface area contributed by atoms with Gasteiger partial charge in [-0.1, -0.05) is 42.1 Å². The number of imidazole rings is 1. The molecule has 3 aromatic carbocycles. The normalized spacial score (nSPS) is 13.9. The highest BCUT2D eigenvalue weighted by Crippen LogP contribution is 2.31. The molecule has 0 unspecified atom stereocenters. The maximum Gasteiger partial charge on any atom is 0.232 e. The quantitative estimate of drug-likeness (QED) is 0.300. The number of methoxy groups -OCH3 is 1. The van der Waals surface area contributed by atoms with Crippen LogP contribution in [0.1, 0.15) is 5.82 Å². The largest absolute Gasteiger partial charge is 0.497 e. The molecule has 9 heteroatoms. The number of nitrogens with zero attached hydrogens (tertiary/aromatic N) is 6. The van der Waals surface area contributed by atoms with Crippen LogP contribution in [-0.4, -0.2) is 57.7 Å². The fourth-order valence-corrected chi connectivity index (χ4v) is 5.31. The Kier molecular flexibility index (Phi) is 6.31. The van der Waals surface area contributed by atoms with E-state index < -0.39 is 0 Å². The monoisotopic (exact) mass is 498 g/mol. The minimum atomic E-state index is 0.634. The zero-order chi connectivity index (χ0) is 24.3. The Bertz CT molecular complexity index is 1460. The minimum absolute atomic E-state index is 0.634. The van der Waals surface area contributed by atoms with Crippen molar-refractivity contribution in [3.05, 3.63) is 84.7 Å². The lowest BCUT2D eigenvalue weighted by molar-refractivity contribution is 0.122. The predicted molar refractivity (Wildman–Crippen MR) is 142 cm³/mol. The van der Waals surface area contributed by atoms with Crippen LogP contribution in [0.5, 0.6) is 5.75 Å². The van der Waals surface area contributed by atoms with Gasteiger partial charge in [-0.05, 0) is 48.5 Å². The second-order valence-corrected chi connectivity index (χ2v) is 9.33. The average Bonchev–Trinajstić information content (AvgIpc) is 3.54. The summed E-state index contributed by atoms with van der Waals surface area (Å²) >= 11 is 1.63. The Balaban J connectivity index is 1.37. The maximum absolute atomic E-state index is 5.55. The lowest BCUT2D eigenvalue weighted by Crippen LogP contribution is -2.37. The molecule has 0 aliphatic carbocycles. The summed E-state index contributed by atoms with van der Waals surface area (Å²) in [7, 11) is 1.68. The van der Waals surface area contributed by atoms with Gasteiger partial charge in [-0.15, -0.1) is 10.2 Å². The standard InChI is InChI=1S/C27H26N6O2S/c1-34-22-13-11-21(12-14-22)32-24-10-6-5-9-23(24)28-25(32)19-36-27-30-29-26(31-15-17-35-18-16-31)33(27)20-7-3-2-4-8-20/h2-14H,15-19H2,1H3. The molecule has 1 fully saturated rings. The van der Waals surface area contributed by atoms with Crippen molar-refractivity contribution >= 4 is 28.7 Å². The van der Waals surface area contributed by atoms with Crippen LogP contribution in [0.25, 0.3) is 22.4 Å². The Hall–Kier alpha value is -3.82. The molecule has 182 valence electrons. The van der Waals surface area contributed by atoms with Gasteiger partial charge in [-0.2, -0.15) is 0 Å². The van der Waals surface area contributed by atoms with E-state index in [0.29, 0.717) is 19.0 Å². The van der Waals surface area contributed by atoms with E-state index in [1.165, 1.54) is 0 Å². The SMILES string of the molecule is COc1ccc(-n2c(CSc3nnc(N4CCOCC4)n3-c3ccccc3)nc3ccccc32)cc1. The third-order valence-electron chi connectivity index (χ3n) is 6.22. The van der Waals surface area contributed by atoms with E-state index in [-0.39, 0.29) is 0 Å². The molecule has 3 heterocycles. The summed E-state index contributed by atoms with van der Waals surface area (Å²) in [5, 5.41) is 10.0. The molecule has 36 heavy (non-hydrogen) atoms. The fourth-order valence-electron chi connectivity index (χ4n) is 4.45. The van der Waals surface area contributed by atoms with Gasteiger partial charge >= 0.3 is 0 Å². The molecule has 0 amide bonds. The van der Waals surface area contributed by atoms with Gasteiger partial charge in [-0.3, -0.25) is 9.13 Å². The van der Waals surface area contributed by atoms with Crippen molar-refractivity contribution in [1.29, 1.82) is 0 Å². The number of anilines is 1. The molecule has 2 aromatic heterocycles. The predicted octanol–water partition coefficient (Wildman–Crippen LogP) is 4.74. The Morgan fingerprint density at radius 3 is 2.33 bits per heavy atom. The smallest absolute Gasteiger partial charge is 0.232 e. The molecule has 0 N–H and O–H groups in total. The summed E-state index contributed by atoms with van der Waals surface area (Å²) in [5.41, 5.74) is 4.10. The van der Waals surface area contributed by atoms with E-state index in [1.807, 2.05) is 48.5 Å². The highest BCUT2D eigenvalue weighted by atomic mass is 32.2.